The van der Waals surface area contributed by atoms with Crippen LogP contribution in [-0.2, 0) is 0 Å². The molecular formula is C6H13Cl2N3. The van der Waals surface area contributed by atoms with E-state index in [-0.39, 0.29) is 24.8 Å². The van der Waals surface area contributed by atoms with Crippen molar-refractivity contribution >= 4 is 24.8 Å². The number of H-pyrrole nitrogens is 1. The fraction of sp³-hybridized carbons (Fsp3) is 0.500. The highest BCUT2D eigenvalue weighted by atomic mass is 35.5. The van der Waals surface area contributed by atoms with E-state index in [9.17, 15) is 0 Å². The third-order valence-corrected chi connectivity index (χ3v) is 1.40. The summed E-state index contributed by atoms with van der Waals surface area (Å²) in [7, 11) is 0. The van der Waals surface area contributed by atoms with Crippen LogP contribution in [0.2, 0.25) is 0 Å². The molecule has 0 aliphatic rings. The summed E-state index contributed by atoms with van der Waals surface area (Å²) in [6, 6.07) is 0. The van der Waals surface area contributed by atoms with E-state index in [0.717, 1.165) is 5.69 Å². The normalized spacial score (nSPS) is 11.1. The minimum Gasteiger partial charge on any atom is -0.348 e. The maximum absolute atomic E-state index is 5.42. The Hall–Kier alpha value is -0.250. The van der Waals surface area contributed by atoms with Crippen molar-refractivity contribution in [1.82, 2.24) is 9.97 Å². The number of aromatic amines is 1. The lowest BCUT2D eigenvalue weighted by Crippen LogP contribution is -2.08. The van der Waals surface area contributed by atoms with Crippen LogP contribution in [0, 0.1) is 0 Å². The van der Waals surface area contributed by atoms with E-state index in [1.165, 1.54) is 0 Å². The minimum absolute atomic E-state index is 0. The van der Waals surface area contributed by atoms with Crippen molar-refractivity contribution in [3.63, 3.8) is 0 Å². The predicted molar refractivity (Wildman–Crippen MR) is 50.6 cm³/mol. The molecular weight excluding hydrogens is 185 g/mol. The molecule has 1 aromatic rings. The van der Waals surface area contributed by atoms with Crippen LogP contribution in [0.15, 0.2) is 12.5 Å². The van der Waals surface area contributed by atoms with Gasteiger partial charge in [-0.1, -0.05) is 6.92 Å². The lowest BCUT2D eigenvalue weighted by molar-refractivity contribution is 0.751. The highest BCUT2D eigenvalue weighted by Crippen LogP contribution is 2.07. The van der Waals surface area contributed by atoms with Gasteiger partial charge < -0.3 is 10.7 Å². The summed E-state index contributed by atoms with van der Waals surface area (Å²) in [5.74, 6) is 0.396. The molecule has 0 fully saturated rings. The molecule has 0 radical (unpaired) electrons. The zero-order valence-electron chi connectivity index (χ0n) is 6.28. The maximum Gasteiger partial charge on any atom is 0.0921 e. The second kappa shape index (κ2) is 6.46. The molecule has 11 heavy (non-hydrogen) atoms. The smallest absolute Gasteiger partial charge is 0.0921 e. The van der Waals surface area contributed by atoms with Gasteiger partial charge in [0, 0.05) is 24.4 Å². The van der Waals surface area contributed by atoms with Gasteiger partial charge in [-0.25, -0.2) is 4.98 Å². The van der Waals surface area contributed by atoms with Crippen LogP contribution in [0.5, 0.6) is 0 Å². The van der Waals surface area contributed by atoms with E-state index in [1.807, 2.05) is 0 Å². The third-order valence-electron chi connectivity index (χ3n) is 1.40. The van der Waals surface area contributed by atoms with Crippen molar-refractivity contribution in [2.75, 3.05) is 6.54 Å². The molecule has 0 amide bonds. The molecule has 0 aliphatic carbocycles. The van der Waals surface area contributed by atoms with Crippen molar-refractivity contribution in [2.24, 2.45) is 5.73 Å². The summed E-state index contributed by atoms with van der Waals surface area (Å²) >= 11 is 0. The van der Waals surface area contributed by atoms with Crippen molar-refractivity contribution in [3.05, 3.63) is 18.2 Å². The largest absolute Gasteiger partial charge is 0.348 e. The number of hydrogen-bond donors (Lipinski definition) is 2. The number of nitrogens with two attached hydrogens (primary N) is 1. The molecule has 0 aromatic carbocycles. The topological polar surface area (TPSA) is 54.7 Å². The molecule has 3 N–H and O–H groups in total. The molecule has 1 atom stereocenters. The van der Waals surface area contributed by atoms with Crippen molar-refractivity contribution < 1.29 is 0 Å². The molecule has 1 aromatic heterocycles. The van der Waals surface area contributed by atoms with Gasteiger partial charge in [-0.2, -0.15) is 0 Å². The Kier molecular flexibility index (Phi) is 7.84. The van der Waals surface area contributed by atoms with Gasteiger partial charge in [0.2, 0.25) is 0 Å². The summed E-state index contributed by atoms with van der Waals surface area (Å²) in [6.07, 6.45) is 3.47. The van der Waals surface area contributed by atoms with Crippen molar-refractivity contribution in [2.45, 2.75) is 12.8 Å². The monoisotopic (exact) mass is 197 g/mol. The van der Waals surface area contributed by atoms with E-state index in [4.69, 9.17) is 5.73 Å². The van der Waals surface area contributed by atoms with Gasteiger partial charge in [-0.05, 0) is 0 Å². The van der Waals surface area contributed by atoms with Crippen molar-refractivity contribution in [3.8, 4) is 0 Å². The standard InChI is InChI=1S/C6H11N3.2ClH/c1-5(2-7)6-3-8-4-9-6;;/h3-5H,2,7H2,1H3,(H,8,9);2*1H/t5-;;/m1../s1. The number of hydrogen-bond acceptors (Lipinski definition) is 2. The molecule has 0 saturated carbocycles. The van der Waals surface area contributed by atoms with Crippen molar-refractivity contribution in [1.29, 1.82) is 0 Å². The highest BCUT2D eigenvalue weighted by Gasteiger charge is 2.01. The molecule has 0 spiro atoms. The van der Waals surface area contributed by atoms with Crippen LogP contribution in [0.25, 0.3) is 0 Å². The van der Waals surface area contributed by atoms with E-state index in [1.54, 1.807) is 12.5 Å². The summed E-state index contributed by atoms with van der Waals surface area (Å²) in [5, 5.41) is 0. The Morgan fingerprint density at radius 2 is 2.27 bits per heavy atom. The first-order valence-corrected chi connectivity index (χ1v) is 3.03. The summed E-state index contributed by atoms with van der Waals surface area (Å²) < 4.78 is 0. The van der Waals surface area contributed by atoms with Crippen LogP contribution in [0.4, 0.5) is 0 Å². The lowest BCUT2D eigenvalue weighted by atomic mass is 10.1. The minimum atomic E-state index is 0. The van der Waals surface area contributed by atoms with E-state index in [0.29, 0.717) is 12.5 Å². The fourth-order valence-electron chi connectivity index (χ4n) is 0.663. The van der Waals surface area contributed by atoms with Crippen LogP contribution < -0.4 is 5.73 Å². The molecule has 1 rings (SSSR count). The SMILES string of the molecule is C[C@H](CN)c1cnc[nH]1.Cl.Cl. The number of halogens is 2. The second-order valence-electron chi connectivity index (χ2n) is 2.14. The molecule has 3 nitrogen and oxygen atoms in total. The Labute approximate surface area is 78.6 Å². The Bertz CT molecular complexity index is 164. The van der Waals surface area contributed by atoms with Gasteiger partial charge in [-0.3, -0.25) is 0 Å². The lowest BCUT2D eigenvalue weighted by Gasteiger charge is -2.02. The number of aromatic nitrogens is 2. The van der Waals surface area contributed by atoms with E-state index in [2.05, 4.69) is 16.9 Å². The quantitative estimate of drug-likeness (QED) is 0.752. The first-order chi connectivity index (χ1) is 4.34. The average molecular weight is 198 g/mol. The molecule has 5 heteroatoms. The Morgan fingerprint density at radius 1 is 1.64 bits per heavy atom. The van der Waals surface area contributed by atoms with Gasteiger partial charge in [0.25, 0.3) is 0 Å². The van der Waals surface area contributed by atoms with Crippen LogP contribution in [-0.4, -0.2) is 16.5 Å². The maximum atomic E-state index is 5.42. The number of nitrogens with zero attached hydrogens (tertiary/aromatic N) is 1. The number of imidazole rings is 1. The first-order valence-electron chi connectivity index (χ1n) is 3.03. The highest BCUT2D eigenvalue weighted by molar-refractivity contribution is 5.85. The van der Waals surface area contributed by atoms with Gasteiger partial charge in [-0.15, -0.1) is 24.8 Å². The molecule has 0 unspecified atom stereocenters. The zero-order chi connectivity index (χ0) is 6.69. The zero-order valence-corrected chi connectivity index (χ0v) is 7.91. The van der Waals surface area contributed by atoms with Crippen LogP contribution in [0.3, 0.4) is 0 Å². The first kappa shape index (κ1) is 13.3. The van der Waals surface area contributed by atoms with Crippen LogP contribution >= 0.6 is 24.8 Å². The number of nitrogens with one attached hydrogen (secondary N) is 1. The molecule has 0 aliphatic heterocycles. The van der Waals surface area contributed by atoms with E-state index < -0.39 is 0 Å². The summed E-state index contributed by atoms with van der Waals surface area (Å²) in [6.45, 7) is 2.73. The third kappa shape index (κ3) is 3.60. The summed E-state index contributed by atoms with van der Waals surface area (Å²) in [4.78, 5) is 6.88. The van der Waals surface area contributed by atoms with Gasteiger partial charge in [0.05, 0.1) is 6.33 Å². The second-order valence-corrected chi connectivity index (χ2v) is 2.14. The molecule has 0 saturated heterocycles. The Balaban J connectivity index is 0. The van der Waals surface area contributed by atoms with Crippen LogP contribution in [0.1, 0.15) is 18.5 Å². The Morgan fingerprint density at radius 3 is 2.64 bits per heavy atom. The van der Waals surface area contributed by atoms with E-state index >= 15 is 0 Å². The average Bonchev–Trinajstić information content (AvgIpc) is 2.37. The fourth-order valence-corrected chi connectivity index (χ4v) is 0.663. The molecule has 66 valence electrons. The van der Waals surface area contributed by atoms with Gasteiger partial charge in [0.15, 0.2) is 0 Å². The predicted octanol–water partition coefficient (Wildman–Crippen LogP) is 1.32. The summed E-state index contributed by atoms with van der Waals surface area (Å²) in [5.41, 5.74) is 6.52. The number of rotatable bonds is 2. The van der Waals surface area contributed by atoms with Gasteiger partial charge in [0.1, 0.15) is 0 Å². The molecule has 0 bridgehead atoms. The molecule has 1 heterocycles. The van der Waals surface area contributed by atoms with Gasteiger partial charge >= 0.3 is 0 Å².